The second-order valence-corrected chi connectivity index (χ2v) is 8.98. The minimum Gasteiger partial charge on any atom is -0.507 e. The number of amides is 1. The number of hydrogen-bond donors (Lipinski definition) is 3. The van der Waals surface area contributed by atoms with E-state index in [-0.39, 0.29) is 24.5 Å². The fourth-order valence-corrected chi connectivity index (χ4v) is 3.73. The number of anilines is 1. The summed E-state index contributed by atoms with van der Waals surface area (Å²) >= 11 is 0. The molecule has 0 bridgehead atoms. The number of aromatic nitrogens is 2. The van der Waals surface area contributed by atoms with E-state index in [2.05, 4.69) is 10.3 Å². The van der Waals surface area contributed by atoms with Crippen LogP contribution in [0.25, 0.3) is 22.3 Å². The van der Waals surface area contributed by atoms with E-state index in [4.69, 9.17) is 9.72 Å². The Balaban J connectivity index is 1.65. The highest BCUT2D eigenvalue weighted by molar-refractivity contribution is 5.91. The maximum Gasteiger partial charge on any atom is 0.410 e. The molecule has 1 amide bonds. The van der Waals surface area contributed by atoms with E-state index in [9.17, 15) is 15.0 Å². The molecular formula is C24H28N4O4. The molecule has 3 N–H and O–H groups in total. The number of aliphatic hydroxyl groups is 1. The summed E-state index contributed by atoms with van der Waals surface area (Å²) in [7, 11) is 0. The molecule has 1 aliphatic heterocycles. The normalized spacial score (nSPS) is 16.4. The van der Waals surface area contributed by atoms with E-state index < -0.39 is 5.60 Å². The molecular weight excluding hydrogens is 408 g/mol. The first kappa shape index (κ1) is 21.8. The molecule has 0 aliphatic carbocycles. The van der Waals surface area contributed by atoms with Gasteiger partial charge >= 0.3 is 6.09 Å². The van der Waals surface area contributed by atoms with E-state index in [1.807, 2.05) is 45.0 Å². The number of aliphatic hydroxyl groups excluding tert-OH is 1. The number of hydrogen-bond acceptors (Lipinski definition) is 7. The fraction of sp³-hybridized carbons (Fsp3) is 0.375. The third kappa shape index (κ3) is 4.75. The number of carbonyl (C=O) groups excluding carboxylic acids is 1. The lowest BCUT2D eigenvalue weighted by Crippen LogP contribution is -2.36. The van der Waals surface area contributed by atoms with Gasteiger partial charge in [-0.1, -0.05) is 18.2 Å². The number of fused-ring (bicyclic) bond motifs is 1. The molecule has 2 heterocycles. The maximum absolute atomic E-state index is 12.4. The molecule has 0 spiro atoms. The minimum atomic E-state index is -0.543. The number of para-hydroxylation sites is 1. The number of benzene rings is 2. The first-order valence-electron chi connectivity index (χ1n) is 10.7. The molecule has 168 valence electrons. The van der Waals surface area contributed by atoms with Crippen molar-refractivity contribution >= 4 is 22.8 Å². The number of ether oxygens (including phenoxy) is 1. The predicted molar refractivity (Wildman–Crippen MR) is 122 cm³/mol. The van der Waals surface area contributed by atoms with Crippen LogP contribution in [-0.2, 0) is 11.3 Å². The van der Waals surface area contributed by atoms with Crippen LogP contribution in [0.15, 0.2) is 42.5 Å². The molecule has 4 rings (SSSR count). The van der Waals surface area contributed by atoms with Crippen molar-refractivity contribution in [2.24, 2.45) is 0 Å². The zero-order valence-corrected chi connectivity index (χ0v) is 18.5. The number of phenolic OH excluding ortho intramolecular Hbond substituents is 1. The minimum absolute atomic E-state index is 0.0179. The molecule has 0 unspecified atom stereocenters. The smallest absolute Gasteiger partial charge is 0.410 e. The summed E-state index contributed by atoms with van der Waals surface area (Å²) in [5.41, 5.74) is 1.44. The molecule has 32 heavy (non-hydrogen) atoms. The van der Waals surface area contributed by atoms with Crippen LogP contribution in [0.5, 0.6) is 5.75 Å². The van der Waals surface area contributed by atoms with Crippen LogP contribution in [0, 0.1) is 0 Å². The summed E-state index contributed by atoms with van der Waals surface area (Å²) in [4.78, 5) is 23.4. The van der Waals surface area contributed by atoms with Crippen molar-refractivity contribution in [2.45, 2.75) is 45.4 Å². The van der Waals surface area contributed by atoms with Crippen LogP contribution < -0.4 is 5.32 Å². The zero-order chi connectivity index (χ0) is 22.9. The number of aromatic hydroxyl groups is 1. The second-order valence-electron chi connectivity index (χ2n) is 8.98. The van der Waals surface area contributed by atoms with E-state index in [1.54, 1.807) is 23.1 Å². The fourth-order valence-electron chi connectivity index (χ4n) is 3.73. The summed E-state index contributed by atoms with van der Waals surface area (Å²) in [6, 6.07) is 12.4. The largest absolute Gasteiger partial charge is 0.507 e. The lowest BCUT2D eigenvalue weighted by Gasteiger charge is -2.24. The highest BCUT2D eigenvalue weighted by atomic mass is 16.6. The van der Waals surface area contributed by atoms with Crippen LogP contribution in [0.2, 0.25) is 0 Å². The SMILES string of the molecule is CC(C)(C)OC(=O)N1CC[C@H](Nc2nc(-c3ccccc3O)nc3ccc(CO)cc23)C1. The van der Waals surface area contributed by atoms with Gasteiger partial charge in [-0.25, -0.2) is 14.8 Å². The Morgan fingerprint density at radius 3 is 2.72 bits per heavy atom. The Kier molecular flexibility index (Phi) is 5.88. The maximum atomic E-state index is 12.4. The van der Waals surface area contributed by atoms with Crippen molar-refractivity contribution in [3.8, 4) is 17.1 Å². The van der Waals surface area contributed by atoms with Crippen molar-refractivity contribution in [1.29, 1.82) is 0 Å². The Morgan fingerprint density at radius 2 is 2.00 bits per heavy atom. The summed E-state index contributed by atoms with van der Waals surface area (Å²) in [5.74, 6) is 1.10. The Bertz CT molecular complexity index is 1140. The van der Waals surface area contributed by atoms with E-state index in [0.29, 0.717) is 35.8 Å². The van der Waals surface area contributed by atoms with Gasteiger partial charge in [0.15, 0.2) is 5.82 Å². The molecule has 2 aromatic carbocycles. The van der Waals surface area contributed by atoms with Crippen LogP contribution in [0.1, 0.15) is 32.8 Å². The van der Waals surface area contributed by atoms with Gasteiger partial charge in [0.05, 0.1) is 17.7 Å². The van der Waals surface area contributed by atoms with Gasteiger partial charge in [-0.3, -0.25) is 0 Å². The molecule has 8 heteroatoms. The number of phenols is 1. The van der Waals surface area contributed by atoms with Gasteiger partial charge in [0, 0.05) is 24.5 Å². The van der Waals surface area contributed by atoms with Gasteiger partial charge in [-0.2, -0.15) is 0 Å². The second kappa shape index (κ2) is 8.63. The lowest BCUT2D eigenvalue weighted by atomic mass is 10.1. The van der Waals surface area contributed by atoms with Crippen LogP contribution >= 0.6 is 0 Å². The number of rotatable bonds is 4. The van der Waals surface area contributed by atoms with Crippen molar-refractivity contribution < 1.29 is 19.7 Å². The summed E-state index contributed by atoms with van der Waals surface area (Å²) in [6.45, 7) is 6.54. The van der Waals surface area contributed by atoms with Crippen LogP contribution in [0.3, 0.4) is 0 Å². The van der Waals surface area contributed by atoms with Crippen molar-refractivity contribution in [1.82, 2.24) is 14.9 Å². The van der Waals surface area contributed by atoms with Gasteiger partial charge in [-0.15, -0.1) is 0 Å². The van der Waals surface area contributed by atoms with Crippen LogP contribution in [0.4, 0.5) is 10.6 Å². The zero-order valence-electron chi connectivity index (χ0n) is 18.5. The van der Waals surface area contributed by atoms with Gasteiger partial charge in [0.25, 0.3) is 0 Å². The number of likely N-dealkylation sites (tertiary alicyclic amines) is 1. The highest BCUT2D eigenvalue weighted by Crippen LogP contribution is 2.31. The third-order valence-corrected chi connectivity index (χ3v) is 5.27. The summed E-state index contributed by atoms with van der Waals surface area (Å²) < 4.78 is 5.49. The Hall–Kier alpha value is -3.39. The summed E-state index contributed by atoms with van der Waals surface area (Å²) in [6.07, 6.45) is 0.419. The monoisotopic (exact) mass is 436 g/mol. The molecule has 1 saturated heterocycles. The predicted octanol–water partition coefficient (Wildman–Crippen LogP) is 3.92. The molecule has 1 aliphatic rings. The van der Waals surface area contributed by atoms with E-state index in [0.717, 1.165) is 17.4 Å². The molecule has 1 atom stereocenters. The van der Waals surface area contributed by atoms with E-state index >= 15 is 0 Å². The topological polar surface area (TPSA) is 108 Å². The molecule has 0 radical (unpaired) electrons. The first-order chi connectivity index (χ1) is 15.2. The number of nitrogens with zero attached hydrogens (tertiary/aromatic N) is 3. The van der Waals surface area contributed by atoms with Crippen molar-refractivity contribution in [3.05, 3.63) is 48.0 Å². The number of carbonyl (C=O) groups is 1. The average molecular weight is 437 g/mol. The molecule has 1 fully saturated rings. The van der Waals surface area contributed by atoms with Gasteiger partial charge < -0.3 is 25.2 Å². The standard InChI is InChI=1S/C24H28N4O4/c1-24(2,3)32-23(31)28-11-10-16(13-28)25-22-18-12-15(14-29)8-9-19(18)26-21(27-22)17-6-4-5-7-20(17)30/h4-9,12,16,29-30H,10-11,13-14H2,1-3H3,(H,25,26,27)/t16-/m0/s1. The van der Waals surface area contributed by atoms with Gasteiger partial charge in [-0.05, 0) is 57.0 Å². The summed E-state index contributed by atoms with van der Waals surface area (Å²) in [5, 5.41) is 24.1. The first-order valence-corrected chi connectivity index (χ1v) is 10.7. The number of nitrogens with one attached hydrogen (secondary N) is 1. The van der Waals surface area contributed by atoms with Crippen molar-refractivity contribution in [3.63, 3.8) is 0 Å². The molecule has 3 aromatic rings. The lowest BCUT2D eigenvalue weighted by molar-refractivity contribution is 0.0293. The van der Waals surface area contributed by atoms with E-state index in [1.165, 1.54) is 0 Å². The Morgan fingerprint density at radius 1 is 1.22 bits per heavy atom. The molecule has 8 nitrogen and oxygen atoms in total. The van der Waals surface area contributed by atoms with Gasteiger partial charge in [0.1, 0.15) is 17.2 Å². The van der Waals surface area contributed by atoms with Gasteiger partial charge in [0.2, 0.25) is 0 Å². The quantitative estimate of drug-likeness (QED) is 0.569. The third-order valence-electron chi connectivity index (χ3n) is 5.27. The Labute approximate surface area is 186 Å². The molecule has 0 saturated carbocycles. The van der Waals surface area contributed by atoms with Crippen LogP contribution in [-0.4, -0.2) is 55.9 Å². The highest BCUT2D eigenvalue weighted by Gasteiger charge is 2.30. The van der Waals surface area contributed by atoms with Crippen molar-refractivity contribution in [2.75, 3.05) is 18.4 Å². The average Bonchev–Trinajstić information content (AvgIpc) is 3.21. The molecule has 1 aromatic heterocycles.